The number of unbranched alkanes of at least 4 members (excludes halogenated alkanes) is 37. The Morgan fingerprint density at radius 1 is 0.313 bits per heavy atom. The van der Waals surface area contributed by atoms with E-state index < -0.39 is 6.10 Å². The lowest BCUT2D eigenvalue weighted by atomic mass is 10.0. The van der Waals surface area contributed by atoms with E-state index in [-0.39, 0.29) is 31.1 Å². The lowest BCUT2D eigenvalue weighted by molar-refractivity contribution is -0.167. The van der Waals surface area contributed by atoms with Gasteiger partial charge in [-0.25, -0.2) is 0 Å². The van der Waals surface area contributed by atoms with E-state index in [1.807, 2.05) is 0 Å². The van der Waals surface area contributed by atoms with E-state index in [2.05, 4.69) is 57.2 Å². The topological polar surface area (TPSA) is 78.9 Å². The highest BCUT2D eigenvalue weighted by Crippen LogP contribution is 2.17. The van der Waals surface area contributed by atoms with Gasteiger partial charge in [0, 0.05) is 19.3 Å². The van der Waals surface area contributed by atoms with Crippen LogP contribution in [0.4, 0.5) is 0 Å². The van der Waals surface area contributed by atoms with Gasteiger partial charge in [-0.3, -0.25) is 14.4 Å². The van der Waals surface area contributed by atoms with Crippen LogP contribution < -0.4 is 0 Å². The molecular formula is C61H112O6. The number of allylic oxidation sites excluding steroid dienone is 6. The van der Waals surface area contributed by atoms with Crippen LogP contribution in [0.2, 0.25) is 0 Å². The molecule has 0 radical (unpaired) electrons. The van der Waals surface area contributed by atoms with Gasteiger partial charge in [0.05, 0.1) is 0 Å². The zero-order chi connectivity index (χ0) is 48.6. The molecule has 1 unspecified atom stereocenters. The first-order chi connectivity index (χ1) is 33.0. The molecule has 392 valence electrons. The molecule has 1 atom stereocenters. The van der Waals surface area contributed by atoms with E-state index in [4.69, 9.17) is 14.2 Å². The number of hydrogen-bond donors (Lipinski definition) is 0. The Morgan fingerprint density at radius 3 is 0.910 bits per heavy atom. The summed E-state index contributed by atoms with van der Waals surface area (Å²) >= 11 is 0. The van der Waals surface area contributed by atoms with E-state index in [1.54, 1.807) is 0 Å². The summed E-state index contributed by atoms with van der Waals surface area (Å²) in [5.74, 6) is -0.889. The molecule has 0 aliphatic carbocycles. The van der Waals surface area contributed by atoms with Crippen molar-refractivity contribution in [3.8, 4) is 0 Å². The van der Waals surface area contributed by atoms with Crippen LogP contribution >= 0.6 is 0 Å². The lowest BCUT2D eigenvalue weighted by Crippen LogP contribution is -2.30. The maximum absolute atomic E-state index is 12.8. The molecule has 0 rings (SSSR count). The Hall–Kier alpha value is -2.37. The Balaban J connectivity index is 4.00. The smallest absolute Gasteiger partial charge is 0.306 e. The van der Waals surface area contributed by atoms with Crippen LogP contribution in [0, 0.1) is 0 Å². The van der Waals surface area contributed by atoms with Crippen LogP contribution in [0.3, 0.4) is 0 Å². The summed E-state index contributed by atoms with van der Waals surface area (Å²) in [5, 5.41) is 0. The fourth-order valence-electron chi connectivity index (χ4n) is 8.75. The van der Waals surface area contributed by atoms with Gasteiger partial charge in [-0.05, 0) is 51.4 Å². The maximum Gasteiger partial charge on any atom is 0.306 e. The van der Waals surface area contributed by atoms with Crippen molar-refractivity contribution in [2.75, 3.05) is 13.2 Å². The van der Waals surface area contributed by atoms with Gasteiger partial charge in [0.25, 0.3) is 0 Å². The van der Waals surface area contributed by atoms with Crippen molar-refractivity contribution in [2.24, 2.45) is 0 Å². The predicted octanol–water partition coefficient (Wildman–Crippen LogP) is 19.7. The molecule has 0 fully saturated rings. The average molecular weight is 942 g/mol. The molecule has 0 saturated heterocycles. The summed E-state index contributed by atoms with van der Waals surface area (Å²) in [6, 6.07) is 0. The molecule has 0 aromatic carbocycles. The quantitative estimate of drug-likeness (QED) is 0.0262. The third-order valence-electron chi connectivity index (χ3n) is 13.2. The first-order valence-electron chi connectivity index (χ1n) is 29.5. The largest absolute Gasteiger partial charge is 0.462 e. The lowest BCUT2D eigenvalue weighted by Gasteiger charge is -2.18. The monoisotopic (exact) mass is 941 g/mol. The Morgan fingerprint density at radius 2 is 0.582 bits per heavy atom. The van der Waals surface area contributed by atoms with Gasteiger partial charge in [-0.15, -0.1) is 0 Å². The Kier molecular flexibility index (Phi) is 54.2. The highest BCUT2D eigenvalue weighted by Gasteiger charge is 2.19. The molecule has 0 heterocycles. The SMILES string of the molecule is CC/C=C\C/C=C\C/C=C\CCCCCCCC(=O)OC(COC(=O)CCCCCCCC)COC(=O)CCCCCCCCCCCCCCCCCCCCCCCCCCCCCC. The highest BCUT2D eigenvalue weighted by molar-refractivity contribution is 5.71. The van der Waals surface area contributed by atoms with Gasteiger partial charge in [0.1, 0.15) is 13.2 Å². The Labute approximate surface area is 416 Å². The van der Waals surface area contributed by atoms with E-state index in [0.29, 0.717) is 19.3 Å². The number of esters is 3. The molecule has 67 heavy (non-hydrogen) atoms. The van der Waals surface area contributed by atoms with Gasteiger partial charge in [0.15, 0.2) is 6.10 Å². The van der Waals surface area contributed by atoms with E-state index in [1.165, 1.54) is 180 Å². The number of carbonyl (C=O) groups is 3. The number of ether oxygens (including phenoxy) is 3. The van der Waals surface area contributed by atoms with Crippen LogP contribution in [0.5, 0.6) is 0 Å². The van der Waals surface area contributed by atoms with E-state index in [0.717, 1.165) is 96.3 Å². The van der Waals surface area contributed by atoms with Gasteiger partial charge in [-0.1, -0.05) is 282 Å². The summed E-state index contributed by atoms with van der Waals surface area (Å²) in [7, 11) is 0. The van der Waals surface area contributed by atoms with Crippen LogP contribution in [-0.4, -0.2) is 37.2 Å². The second-order valence-corrected chi connectivity index (χ2v) is 19.9. The summed E-state index contributed by atoms with van der Waals surface area (Å²) in [4.78, 5) is 37.8. The molecule has 6 nitrogen and oxygen atoms in total. The molecule has 0 aliphatic rings. The van der Waals surface area contributed by atoms with Crippen molar-refractivity contribution >= 4 is 17.9 Å². The van der Waals surface area contributed by atoms with Crippen molar-refractivity contribution in [3.63, 3.8) is 0 Å². The van der Waals surface area contributed by atoms with Gasteiger partial charge in [-0.2, -0.15) is 0 Å². The molecular weight excluding hydrogens is 829 g/mol. The summed E-state index contributed by atoms with van der Waals surface area (Å²) < 4.78 is 16.7. The second-order valence-electron chi connectivity index (χ2n) is 19.9. The van der Waals surface area contributed by atoms with E-state index >= 15 is 0 Å². The zero-order valence-corrected chi connectivity index (χ0v) is 44.9. The normalized spacial score (nSPS) is 12.2. The summed E-state index contributed by atoms with van der Waals surface area (Å²) in [6.07, 6.45) is 67.7. The molecule has 0 aromatic heterocycles. The second kappa shape index (κ2) is 56.2. The summed E-state index contributed by atoms with van der Waals surface area (Å²) in [5.41, 5.74) is 0. The van der Waals surface area contributed by atoms with E-state index in [9.17, 15) is 14.4 Å². The standard InChI is InChI=1S/C61H112O6/c1-4-7-10-13-16-18-20-22-24-25-26-27-28-29-30-31-32-33-34-35-36-38-39-41-43-45-48-51-54-60(63)66-57-58(56-65-59(62)53-50-47-15-12-9-6-3)67-61(64)55-52-49-46-44-42-40-37-23-21-19-17-14-11-8-5-2/h8,11,17,19,23,37,58H,4-7,9-10,12-16,18,20-22,24-36,38-57H2,1-3H3/b11-8-,19-17-,37-23-. The number of hydrogen-bond acceptors (Lipinski definition) is 6. The fraction of sp³-hybridized carbons (Fsp3) is 0.852. The molecule has 6 heteroatoms. The third kappa shape index (κ3) is 54.4. The average Bonchev–Trinajstić information content (AvgIpc) is 3.33. The predicted molar refractivity (Wildman–Crippen MR) is 289 cm³/mol. The summed E-state index contributed by atoms with van der Waals surface area (Å²) in [6.45, 7) is 6.49. The fourth-order valence-corrected chi connectivity index (χ4v) is 8.75. The minimum Gasteiger partial charge on any atom is -0.462 e. The van der Waals surface area contributed by atoms with Crippen molar-refractivity contribution in [3.05, 3.63) is 36.5 Å². The van der Waals surface area contributed by atoms with Gasteiger partial charge >= 0.3 is 17.9 Å². The zero-order valence-electron chi connectivity index (χ0n) is 44.9. The van der Waals surface area contributed by atoms with Crippen LogP contribution in [0.15, 0.2) is 36.5 Å². The van der Waals surface area contributed by atoms with Gasteiger partial charge < -0.3 is 14.2 Å². The highest BCUT2D eigenvalue weighted by atomic mass is 16.6. The maximum atomic E-state index is 12.8. The molecule has 0 aliphatic heterocycles. The van der Waals surface area contributed by atoms with Crippen molar-refractivity contribution < 1.29 is 28.6 Å². The van der Waals surface area contributed by atoms with Crippen molar-refractivity contribution in [1.82, 2.24) is 0 Å². The molecule has 0 bridgehead atoms. The molecule has 0 spiro atoms. The Bertz CT molecular complexity index is 1130. The minimum absolute atomic E-state index is 0.0758. The van der Waals surface area contributed by atoms with Crippen LogP contribution in [0.25, 0.3) is 0 Å². The van der Waals surface area contributed by atoms with Crippen molar-refractivity contribution in [2.45, 2.75) is 322 Å². The van der Waals surface area contributed by atoms with Gasteiger partial charge in [0.2, 0.25) is 0 Å². The first-order valence-corrected chi connectivity index (χ1v) is 29.5. The number of rotatable bonds is 54. The molecule has 0 saturated carbocycles. The molecule has 0 aromatic rings. The first kappa shape index (κ1) is 64.6. The number of carbonyl (C=O) groups excluding carboxylic acids is 3. The molecule has 0 N–H and O–H groups in total. The van der Waals surface area contributed by atoms with Crippen LogP contribution in [0.1, 0.15) is 316 Å². The third-order valence-corrected chi connectivity index (χ3v) is 13.2. The van der Waals surface area contributed by atoms with Crippen molar-refractivity contribution in [1.29, 1.82) is 0 Å². The van der Waals surface area contributed by atoms with Crippen LogP contribution in [-0.2, 0) is 28.6 Å². The minimum atomic E-state index is -0.775. The molecule has 0 amide bonds.